The molecule has 0 unspecified atom stereocenters. The lowest BCUT2D eigenvalue weighted by atomic mass is 9.90. The molecule has 16 aromatic carbocycles. The van der Waals surface area contributed by atoms with Gasteiger partial charge in [-0.25, -0.2) is 9.97 Å². The van der Waals surface area contributed by atoms with E-state index in [1.165, 1.54) is 26.9 Å². The second kappa shape index (κ2) is 21.2. The summed E-state index contributed by atoms with van der Waals surface area (Å²) in [4.78, 5) is 17.3. The lowest BCUT2D eigenvalue weighted by Gasteiger charge is -2.18. The number of nitrogens with zero attached hydrogens (tertiary/aromatic N) is 3. The van der Waals surface area contributed by atoms with Gasteiger partial charge >= 0.3 is 0 Å². The molecule has 0 atom stereocenters. The van der Waals surface area contributed by atoms with Crippen LogP contribution in [-0.2, 0) is 0 Å². The van der Waals surface area contributed by atoms with Gasteiger partial charge < -0.3 is 9.55 Å². The first-order valence-electron chi connectivity index (χ1n) is 33.8. The number of aromatic nitrogens is 4. The van der Waals surface area contributed by atoms with E-state index in [1.54, 1.807) is 0 Å². The lowest BCUT2D eigenvalue weighted by Crippen LogP contribution is -2.00. The molecule has 1 N–H and O–H groups in total. The van der Waals surface area contributed by atoms with E-state index in [0.717, 1.165) is 187 Å². The van der Waals surface area contributed by atoms with Gasteiger partial charge in [0.15, 0.2) is 0 Å². The first-order valence-corrected chi connectivity index (χ1v) is 33.8. The van der Waals surface area contributed by atoms with Crippen molar-refractivity contribution in [2.75, 3.05) is 0 Å². The fourth-order valence-corrected chi connectivity index (χ4v) is 16.8. The summed E-state index contributed by atoms with van der Waals surface area (Å²) < 4.78 is 2.64. The summed E-state index contributed by atoms with van der Waals surface area (Å²) >= 11 is 0. The van der Waals surface area contributed by atoms with Gasteiger partial charge in [-0.15, -0.1) is 0 Å². The topological polar surface area (TPSA) is 46.5 Å². The van der Waals surface area contributed by atoms with Crippen LogP contribution in [0.1, 0.15) is 0 Å². The number of aromatic amines is 1. The number of hydrogen-bond donors (Lipinski definition) is 1. The third-order valence-electron chi connectivity index (χ3n) is 21.0. The highest BCUT2D eigenvalue weighted by molar-refractivity contribution is 6.27. The summed E-state index contributed by atoms with van der Waals surface area (Å²) in [5, 5.41) is 20.5. The molecule has 21 rings (SSSR count). The molecule has 3 aliphatic heterocycles. The van der Waals surface area contributed by atoms with Crippen molar-refractivity contribution >= 4 is 119 Å². The van der Waals surface area contributed by atoms with Crippen LogP contribution >= 0.6 is 0 Å². The quantitative estimate of drug-likeness (QED) is 0.138. The smallest absolute Gasteiger partial charge is 0.0816 e. The molecule has 0 aliphatic carbocycles. The second-order valence-electron chi connectivity index (χ2n) is 26.2. The second-order valence-corrected chi connectivity index (χ2v) is 26.2. The largest absolute Gasteiger partial charge is 0.353 e. The minimum Gasteiger partial charge on any atom is -0.353 e. The molecule has 98 heavy (non-hydrogen) atoms. The summed E-state index contributed by atoms with van der Waals surface area (Å²) in [5.74, 6) is 0. The normalized spacial score (nSPS) is 12.1. The summed E-state index contributed by atoms with van der Waals surface area (Å²) in [7, 11) is 0. The maximum atomic E-state index is 6.49. The van der Waals surface area contributed by atoms with E-state index in [-0.39, 0.29) is 0 Å². The average Bonchev–Trinajstić information content (AvgIpc) is 1.52. The minimum absolute atomic E-state index is 0.882. The Morgan fingerprint density at radius 2 is 0.510 bits per heavy atom. The maximum absolute atomic E-state index is 6.49. The third-order valence-corrected chi connectivity index (χ3v) is 21.0. The van der Waals surface area contributed by atoms with Gasteiger partial charge in [-0.3, -0.25) is 0 Å². The van der Waals surface area contributed by atoms with Crippen molar-refractivity contribution in [1.82, 2.24) is 19.5 Å². The van der Waals surface area contributed by atoms with Crippen molar-refractivity contribution in [2.45, 2.75) is 0 Å². The van der Waals surface area contributed by atoms with Gasteiger partial charge in [0.1, 0.15) is 0 Å². The van der Waals surface area contributed by atoms with Crippen LogP contribution in [0, 0.1) is 0 Å². The molecule has 4 heteroatoms. The van der Waals surface area contributed by atoms with Gasteiger partial charge in [0.25, 0.3) is 0 Å². The predicted molar refractivity (Wildman–Crippen MR) is 414 cm³/mol. The van der Waals surface area contributed by atoms with Gasteiger partial charge in [0.2, 0.25) is 0 Å². The SMILES string of the molecule is c1ccc2c(c1)-c1nc-2c(-c2cccc3ccccc23)c2c3ccccc3c(c(-c3cccc4c3ccc3cc5ccccc5cc34)c3nc(c(-c4cccc5ccccc45)c4[nH]c(c1-c1cccc5ccccc15)c1ccccc41)-c1ccccc1-3)n2-c1cccc2ccccc12. The molecular weight excluding hydrogens is 1190 g/mol. The molecule has 0 fully saturated rings. The molecule has 452 valence electrons. The molecule has 0 radical (unpaired) electrons. The van der Waals surface area contributed by atoms with Gasteiger partial charge in [-0.1, -0.05) is 315 Å². The fraction of sp³-hybridized carbons (Fsp3) is 0. The van der Waals surface area contributed by atoms with Gasteiger partial charge in [0.05, 0.1) is 50.5 Å². The zero-order valence-corrected chi connectivity index (χ0v) is 53.1. The Labute approximate surface area is 563 Å². The molecule has 0 amide bonds. The van der Waals surface area contributed by atoms with E-state index in [0.29, 0.717) is 0 Å². The van der Waals surface area contributed by atoms with Crippen molar-refractivity contribution in [3.63, 3.8) is 0 Å². The molecule has 5 heterocycles. The van der Waals surface area contributed by atoms with E-state index in [2.05, 4.69) is 343 Å². The van der Waals surface area contributed by atoms with Crippen molar-refractivity contribution < 1.29 is 0 Å². The summed E-state index contributed by atoms with van der Waals surface area (Å²) in [6, 6.07) is 124. The van der Waals surface area contributed by atoms with Crippen LogP contribution in [0.5, 0.6) is 0 Å². The minimum atomic E-state index is 0.882. The van der Waals surface area contributed by atoms with E-state index in [1.807, 2.05) is 0 Å². The monoisotopic (exact) mass is 1240 g/mol. The molecule has 3 aliphatic rings. The molecular formula is C94H56N4. The number of rotatable bonds is 5. The third kappa shape index (κ3) is 7.94. The molecule has 8 bridgehead atoms. The van der Waals surface area contributed by atoms with Crippen LogP contribution in [0.3, 0.4) is 0 Å². The van der Waals surface area contributed by atoms with Crippen molar-refractivity contribution in [2.24, 2.45) is 0 Å². The Balaban J connectivity index is 1.11. The number of hydrogen-bond acceptors (Lipinski definition) is 2. The van der Waals surface area contributed by atoms with Gasteiger partial charge in [-0.05, 0) is 110 Å². The molecule has 2 aromatic heterocycles. The van der Waals surface area contributed by atoms with E-state index >= 15 is 0 Å². The molecule has 18 aromatic rings. The Morgan fingerprint density at radius 1 is 0.194 bits per heavy atom. The Bertz CT molecular complexity index is 6860. The zero-order chi connectivity index (χ0) is 64.1. The first kappa shape index (κ1) is 54.4. The lowest BCUT2D eigenvalue weighted by molar-refractivity contribution is 1.20. The van der Waals surface area contributed by atoms with Crippen LogP contribution in [0.2, 0.25) is 0 Å². The summed E-state index contributed by atoms with van der Waals surface area (Å²) in [6.45, 7) is 0. The van der Waals surface area contributed by atoms with E-state index in [9.17, 15) is 0 Å². The van der Waals surface area contributed by atoms with Crippen LogP contribution < -0.4 is 0 Å². The first-order chi connectivity index (χ1) is 48.7. The van der Waals surface area contributed by atoms with Crippen LogP contribution in [0.25, 0.3) is 214 Å². The molecule has 0 saturated carbocycles. The van der Waals surface area contributed by atoms with Gasteiger partial charge in [-0.2, -0.15) is 0 Å². The number of nitrogens with one attached hydrogen (secondary N) is 1. The highest BCUT2D eigenvalue weighted by Crippen LogP contribution is 2.55. The fourth-order valence-electron chi connectivity index (χ4n) is 16.8. The van der Waals surface area contributed by atoms with Crippen molar-refractivity contribution in [3.05, 3.63) is 334 Å². The molecule has 4 nitrogen and oxygen atoms in total. The van der Waals surface area contributed by atoms with Gasteiger partial charge in [0, 0.05) is 71.4 Å². The zero-order valence-electron chi connectivity index (χ0n) is 53.1. The Kier molecular flexibility index (Phi) is 11.8. The molecule has 0 spiro atoms. The number of H-pyrrole nitrogens is 1. The van der Waals surface area contributed by atoms with Crippen molar-refractivity contribution in [1.29, 1.82) is 0 Å². The van der Waals surface area contributed by atoms with Crippen LogP contribution in [0.4, 0.5) is 0 Å². The van der Waals surface area contributed by atoms with Crippen LogP contribution in [0.15, 0.2) is 334 Å². The number of fused-ring (bicyclic) bond motifs is 13. The van der Waals surface area contributed by atoms with E-state index < -0.39 is 0 Å². The number of benzene rings is 16. The predicted octanol–water partition coefficient (Wildman–Crippen LogP) is 25.5. The van der Waals surface area contributed by atoms with E-state index in [4.69, 9.17) is 9.97 Å². The Morgan fingerprint density at radius 3 is 0.990 bits per heavy atom. The standard InChI is InChI=1S/C94H56N4/c1-2-29-61-55-81-62(54-60(61)28-1)52-53-68-67(81)46-23-50-72(68)86-92-78-43-16-14-41-76(78)90(97-92)84(70-48-20-31-57-25-4-8-35-64(57)70)88-74-39-12-11-38-73(74)87(95-88)83(69-47-19-30-56-24-3-7-34-63(56)69)89-75-40-13-15-42-77(75)91(96-89)85(71-49-21-32-58-26-5-9-36-65(58)71)93-79-44-17-18-45-80(79)94(86)98(93)82-51-22-33-59-27-6-10-37-66(59)82/h1-55,95H. The maximum Gasteiger partial charge on any atom is 0.0816 e. The van der Waals surface area contributed by atoms with Crippen LogP contribution in [-0.4, -0.2) is 19.5 Å². The summed E-state index contributed by atoms with van der Waals surface area (Å²) in [5.41, 5.74) is 21.1. The summed E-state index contributed by atoms with van der Waals surface area (Å²) in [6.07, 6.45) is 0. The van der Waals surface area contributed by atoms with Crippen molar-refractivity contribution in [3.8, 4) is 95.2 Å². The Hall–Kier alpha value is -13.0. The molecule has 0 saturated heterocycles. The highest BCUT2D eigenvalue weighted by atomic mass is 15.0. The average molecular weight is 1240 g/mol. The highest BCUT2D eigenvalue weighted by Gasteiger charge is 2.33.